The molecule has 1 heterocycles. The molecule has 2 atom stereocenters. The van der Waals surface area contributed by atoms with Crippen LogP contribution in [0.15, 0.2) is 0 Å². The van der Waals surface area contributed by atoms with E-state index in [1.807, 2.05) is 0 Å². The molecular weight excluding hydrogens is 250 g/mol. The first kappa shape index (κ1) is 15.5. The Morgan fingerprint density at radius 1 is 1.32 bits per heavy atom. The summed E-state index contributed by atoms with van der Waals surface area (Å²) >= 11 is 0. The van der Waals surface area contributed by atoms with E-state index >= 15 is 0 Å². The number of aldehydes is 1. The lowest BCUT2D eigenvalue weighted by molar-refractivity contribution is -0.146. The first-order valence-corrected chi connectivity index (χ1v) is 6.33. The molecule has 0 aromatic rings. The zero-order valence-electron chi connectivity index (χ0n) is 11.8. The van der Waals surface area contributed by atoms with E-state index in [2.05, 4.69) is 0 Å². The molecule has 0 aliphatic carbocycles. The number of nitrogens with zero attached hydrogens (tertiary/aromatic N) is 1. The third kappa shape index (κ3) is 3.94. The number of esters is 1. The van der Waals surface area contributed by atoms with Gasteiger partial charge in [0.2, 0.25) is 0 Å². The quantitative estimate of drug-likeness (QED) is 0.574. The molecule has 1 aliphatic rings. The van der Waals surface area contributed by atoms with Crippen LogP contribution >= 0.6 is 0 Å². The number of ether oxygens (including phenoxy) is 2. The van der Waals surface area contributed by atoms with Gasteiger partial charge in [-0.25, -0.2) is 9.59 Å². The van der Waals surface area contributed by atoms with Crippen LogP contribution in [0, 0.1) is 0 Å². The Morgan fingerprint density at radius 3 is 2.42 bits per heavy atom. The van der Waals surface area contributed by atoms with Crippen molar-refractivity contribution in [1.82, 2.24) is 4.90 Å². The molecule has 0 N–H and O–H groups in total. The minimum Gasteiger partial charge on any atom is -0.467 e. The van der Waals surface area contributed by atoms with Gasteiger partial charge in [-0.2, -0.15) is 0 Å². The molecule has 19 heavy (non-hydrogen) atoms. The Labute approximate surface area is 113 Å². The molecule has 108 valence electrons. The minimum absolute atomic E-state index is 0.201. The Balaban J connectivity index is 2.88. The highest BCUT2D eigenvalue weighted by molar-refractivity contribution is 5.82. The van der Waals surface area contributed by atoms with Gasteiger partial charge in [0.1, 0.15) is 17.9 Å². The summed E-state index contributed by atoms with van der Waals surface area (Å²) in [6, 6.07) is -0.957. The summed E-state index contributed by atoms with van der Waals surface area (Å²) in [5.74, 6) is -0.473. The van der Waals surface area contributed by atoms with Gasteiger partial charge in [-0.3, -0.25) is 4.90 Å². The van der Waals surface area contributed by atoms with Crippen molar-refractivity contribution >= 4 is 18.3 Å². The van der Waals surface area contributed by atoms with Gasteiger partial charge in [0, 0.05) is 12.5 Å². The summed E-state index contributed by atoms with van der Waals surface area (Å²) in [4.78, 5) is 35.8. The highest BCUT2D eigenvalue weighted by Gasteiger charge is 2.43. The second-order valence-corrected chi connectivity index (χ2v) is 5.56. The molecule has 0 spiro atoms. The predicted octanol–water partition coefficient (Wildman–Crippen LogP) is 1.52. The lowest BCUT2D eigenvalue weighted by Gasteiger charge is -2.30. The summed E-state index contributed by atoms with van der Waals surface area (Å²) in [7, 11) is 1.28. The van der Waals surface area contributed by atoms with Crippen molar-refractivity contribution in [3.05, 3.63) is 0 Å². The molecule has 6 nitrogen and oxygen atoms in total. The van der Waals surface area contributed by atoms with Crippen LogP contribution in [0.25, 0.3) is 0 Å². The van der Waals surface area contributed by atoms with E-state index in [0.29, 0.717) is 12.8 Å². The molecule has 0 aromatic heterocycles. The smallest absolute Gasteiger partial charge is 0.411 e. The maximum absolute atomic E-state index is 12.2. The second-order valence-electron chi connectivity index (χ2n) is 5.56. The van der Waals surface area contributed by atoms with Crippen LogP contribution in [0.2, 0.25) is 0 Å². The fourth-order valence-corrected chi connectivity index (χ4v) is 2.18. The Bertz CT molecular complexity index is 361. The molecule has 1 unspecified atom stereocenters. The van der Waals surface area contributed by atoms with Crippen LogP contribution in [-0.4, -0.2) is 48.0 Å². The molecule has 0 saturated carbocycles. The molecule has 0 bridgehead atoms. The third-order valence-corrected chi connectivity index (χ3v) is 2.95. The zero-order valence-corrected chi connectivity index (χ0v) is 11.8. The topological polar surface area (TPSA) is 72.9 Å². The van der Waals surface area contributed by atoms with Crippen LogP contribution in [0.3, 0.4) is 0 Å². The molecule has 0 aromatic carbocycles. The average Bonchev–Trinajstić information content (AvgIpc) is 2.70. The fourth-order valence-electron chi connectivity index (χ4n) is 2.18. The van der Waals surface area contributed by atoms with Crippen LogP contribution in [0.1, 0.15) is 40.0 Å². The van der Waals surface area contributed by atoms with Crippen LogP contribution < -0.4 is 0 Å². The first-order chi connectivity index (χ1) is 8.80. The van der Waals surface area contributed by atoms with E-state index in [4.69, 9.17) is 9.47 Å². The normalized spacial score (nSPS) is 23.1. The lowest BCUT2D eigenvalue weighted by Crippen LogP contribution is -2.47. The van der Waals surface area contributed by atoms with Crippen molar-refractivity contribution in [1.29, 1.82) is 0 Å². The molecule has 1 amide bonds. The Hall–Kier alpha value is -1.59. The third-order valence-electron chi connectivity index (χ3n) is 2.95. The second kappa shape index (κ2) is 6.04. The SMILES string of the molecule is COC(=O)[C@@H]1CCC(CC=O)N1C(=O)OC(C)(C)C. The van der Waals surface area contributed by atoms with E-state index in [1.54, 1.807) is 20.8 Å². The predicted molar refractivity (Wildman–Crippen MR) is 67.6 cm³/mol. The number of amides is 1. The fraction of sp³-hybridized carbons (Fsp3) is 0.769. The van der Waals surface area contributed by atoms with Crippen LogP contribution in [-0.2, 0) is 19.1 Å². The number of carbonyl (C=O) groups is 3. The molecule has 0 radical (unpaired) electrons. The number of methoxy groups -OCH3 is 1. The van der Waals surface area contributed by atoms with Gasteiger partial charge in [0.15, 0.2) is 0 Å². The van der Waals surface area contributed by atoms with Crippen LogP contribution in [0.5, 0.6) is 0 Å². The van der Waals surface area contributed by atoms with Gasteiger partial charge >= 0.3 is 12.1 Å². The van der Waals surface area contributed by atoms with E-state index in [-0.39, 0.29) is 12.5 Å². The largest absolute Gasteiger partial charge is 0.467 e. The van der Waals surface area contributed by atoms with Gasteiger partial charge in [-0.15, -0.1) is 0 Å². The average molecular weight is 271 g/mol. The van der Waals surface area contributed by atoms with Crippen molar-refractivity contribution in [3.8, 4) is 0 Å². The van der Waals surface area contributed by atoms with Gasteiger partial charge in [0.05, 0.1) is 7.11 Å². The summed E-state index contributed by atoms with van der Waals surface area (Å²) in [6.07, 6.45) is 1.46. The maximum Gasteiger partial charge on any atom is 0.411 e. The van der Waals surface area contributed by atoms with E-state index in [1.165, 1.54) is 12.0 Å². The summed E-state index contributed by atoms with van der Waals surface area (Å²) < 4.78 is 9.98. The number of hydrogen-bond donors (Lipinski definition) is 0. The number of hydrogen-bond acceptors (Lipinski definition) is 5. The number of likely N-dealkylation sites (tertiary alicyclic amines) is 1. The van der Waals surface area contributed by atoms with Gasteiger partial charge in [-0.1, -0.05) is 0 Å². The number of carbonyl (C=O) groups excluding carboxylic acids is 3. The molecule has 6 heteroatoms. The highest BCUT2D eigenvalue weighted by atomic mass is 16.6. The molecule has 1 fully saturated rings. The van der Waals surface area contributed by atoms with Gasteiger partial charge in [0.25, 0.3) is 0 Å². The monoisotopic (exact) mass is 271 g/mol. The summed E-state index contributed by atoms with van der Waals surface area (Å²) in [6.45, 7) is 5.26. The van der Waals surface area contributed by atoms with E-state index in [0.717, 1.165) is 6.29 Å². The number of rotatable bonds is 3. The van der Waals surface area contributed by atoms with Crippen LogP contribution in [0.4, 0.5) is 4.79 Å². The van der Waals surface area contributed by atoms with E-state index < -0.39 is 23.7 Å². The lowest BCUT2D eigenvalue weighted by atomic mass is 10.1. The van der Waals surface area contributed by atoms with Gasteiger partial charge < -0.3 is 14.3 Å². The van der Waals surface area contributed by atoms with Crippen molar-refractivity contribution in [2.75, 3.05) is 7.11 Å². The van der Waals surface area contributed by atoms with Crippen molar-refractivity contribution < 1.29 is 23.9 Å². The molecule has 1 saturated heterocycles. The summed E-state index contributed by atoms with van der Waals surface area (Å²) in [5, 5.41) is 0. The zero-order chi connectivity index (χ0) is 14.6. The first-order valence-electron chi connectivity index (χ1n) is 6.33. The highest BCUT2D eigenvalue weighted by Crippen LogP contribution is 2.28. The molecule has 1 aliphatic heterocycles. The summed E-state index contributed by atoms with van der Waals surface area (Å²) in [5.41, 5.74) is -0.647. The molecular formula is C13H21NO5. The van der Waals surface area contributed by atoms with Crippen molar-refractivity contribution in [2.45, 2.75) is 57.7 Å². The van der Waals surface area contributed by atoms with Gasteiger partial charge in [-0.05, 0) is 33.6 Å². The minimum atomic E-state index is -0.662. The maximum atomic E-state index is 12.2. The standard InChI is InChI=1S/C13H21NO5/c1-13(2,3)19-12(17)14-9(7-8-15)5-6-10(14)11(16)18-4/h8-10H,5-7H2,1-4H3/t9?,10-/m0/s1. The Morgan fingerprint density at radius 2 is 1.95 bits per heavy atom. The van der Waals surface area contributed by atoms with Crippen molar-refractivity contribution in [2.24, 2.45) is 0 Å². The molecule has 1 rings (SSSR count). The van der Waals surface area contributed by atoms with E-state index in [9.17, 15) is 14.4 Å². The Kier molecular flexibility index (Phi) is 4.91. The van der Waals surface area contributed by atoms with Crippen molar-refractivity contribution in [3.63, 3.8) is 0 Å².